The molecule has 2 aliphatic carbocycles. The molecule has 0 amide bonds. The first-order valence-corrected chi connectivity index (χ1v) is 6.94. The lowest BCUT2D eigenvalue weighted by atomic mass is 9.79. The molecule has 0 bridgehead atoms. The van der Waals surface area contributed by atoms with Gasteiger partial charge >= 0.3 is 0 Å². The summed E-state index contributed by atoms with van der Waals surface area (Å²) in [6.07, 6.45) is 12.6. The molecule has 19 heavy (non-hydrogen) atoms. The summed E-state index contributed by atoms with van der Waals surface area (Å²) >= 11 is 0. The Kier molecular flexibility index (Phi) is 2.41. The van der Waals surface area contributed by atoms with E-state index in [1.54, 1.807) is 5.57 Å². The lowest BCUT2D eigenvalue weighted by Crippen LogP contribution is -2.11. The number of allylic oxidation sites excluding steroid dienone is 6. The van der Waals surface area contributed by atoms with Gasteiger partial charge in [0.05, 0.1) is 0 Å². The molecular weight excluding hydrogens is 228 g/mol. The minimum absolute atomic E-state index is 0.503. The number of hydrogen-bond donors (Lipinski definition) is 0. The van der Waals surface area contributed by atoms with Crippen molar-refractivity contribution in [3.05, 3.63) is 84.0 Å². The summed E-state index contributed by atoms with van der Waals surface area (Å²) in [7, 11) is 0. The van der Waals surface area contributed by atoms with Crippen molar-refractivity contribution in [2.24, 2.45) is 5.92 Å². The number of rotatable bonds is 1. The fourth-order valence-electron chi connectivity index (χ4n) is 3.29. The zero-order valence-corrected chi connectivity index (χ0v) is 10.8. The molecule has 2 atom stereocenters. The van der Waals surface area contributed by atoms with Crippen LogP contribution in [0, 0.1) is 5.92 Å². The van der Waals surface area contributed by atoms with Gasteiger partial charge in [0.25, 0.3) is 0 Å². The number of fused-ring (bicyclic) bond motifs is 2. The molecule has 0 saturated heterocycles. The van der Waals surface area contributed by atoms with E-state index in [4.69, 9.17) is 0 Å². The molecular formula is C19H16. The Labute approximate surface area is 113 Å². The van der Waals surface area contributed by atoms with Crippen LogP contribution in [0.3, 0.4) is 0 Å². The van der Waals surface area contributed by atoms with Crippen LogP contribution in [0.5, 0.6) is 0 Å². The van der Waals surface area contributed by atoms with Crippen molar-refractivity contribution in [2.75, 3.05) is 0 Å². The monoisotopic (exact) mass is 244 g/mol. The summed E-state index contributed by atoms with van der Waals surface area (Å²) in [6.45, 7) is 0. The molecule has 0 saturated carbocycles. The lowest BCUT2D eigenvalue weighted by Gasteiger charge is -2.24. The smallest absolute Gasteiger partial charge is 0.0122 e. The normalized spacial score (nSPS) is 24.5. The Hall–Kier alpha value is -2.08. The van der Waals surface area contributed by atoms with Crippen LogP contribution in [0.25, 0.3) is 10.8 Å². The highest BCUT2D eigenvalue weighted by Gasteiger charge is 2.26. The summed E-state index contributed by atoms with van der Waals surface area (Å²) in [5.74, 6) is 1.08. The Morgan fingerprint density at radius 2 is 1.74 bits per heavy atom. The van der Waals surface area contributed by atoms with Crippen molar-refractivity contribution in [1.29, 1.82) is 0 Å². The second-order valence-electron chi connectivity index (χ2n) is 5.42. The average Bonchev–Trinajstić information content (AvgIpc) is 2.95. The summed E-state index contributed by atoms with van der Waals surface area (Å²) in [6, 6.07) is 15.5. The Morgan fingerprint density at radius 3 is 2.68 bits per heavy atom. The SMILES string of the molecule is C1=CC(c2ccc3ccccc3c2)C2C=CCC2=C1. The molecule has 4 rings (SSSR count). The minimum Gasteiger partial charge on any atom is -0.0838 e. The molecule has 0 N–H and O–H groups in total. The molecule has 2 unspecified atom stereocenters. The van der Waals surface area contributed by atoms with Gasteiger partial charge in [-0.1, -0.05) is 78.4 Å². The van der Waals surface area contributed by atoms with Gasteiger partial charge in [-0.05, 0) is 22.8 Å². The number of hydrogen-bond acceptors (Lipinski definition) is 0. The van der Waals surface area contributed by atoms with Gasteiger partial charge in [-0.2, -0.15) is 0 Å². The van der Waals surface area contributed by atoms with E-state index in [-0.39, 0.29) is 0 Å². The third-order valence-electron chi connectivity index (χ3n) is 4.30. The van der Waals surface area contributed by atoms with E-state index >= 15 is 0 Å². The molecule has 2 aromatic carbocycles. The quantitative estimate of drug-likeness (QED) is 0.619. The van der Waals surface area contributed by atoms with E-state index in [2.05, 4.69) is 72.8 Å². The van der Waals surface area contributed by atoms with E-state index in [1.165, 1.54) is 16.3 Å². The van der Waals surface area contributed by atoms with Crippen LogP contribution in [0.2, 0.25) is 0 Å². The standard InChI is InChI=1S/C19H16/c1-2-6-16-13-17(12-11-14(16)5-1)19-10-4-8-15-7-3-9-18(15)19/h1-6,8-13,18-19H,7H2. The van der Waals surface area contributed by atoms with Crippen LogP contribution in [0.15, 0.2) is 78.4 Å². The molecule has 0 fully saturated rings. The molecule has 0 heterocycles. The molecule has 2 aliphatic rings. The predicted molar refractivity (Wildman–Crippen MR) is 81.2 cm³/mol. The van der Waals surface area contributed by atoms with E-state index in [9.17, 15) is 0 Å². The largest absolute Gasteiger partial charge is 0.0838 e. The van der Waals surface area contributed by atoms with Crippen LogP contribution in [0.4, 0.5) is 0 Å². The fraction of sp³-hybridized carbons (Fsp3) is 0.158. The van der Waals surface area contributed by atoms with Gasteiger partial charge in [0.1, 0.15) is 0 Å². The highest BCUT2D eigenvalue weighted by molar-refractivity contribution is 5.83. The fourth-order valence-corrected chi connectivity index (χ4v) is 3.29. The first-order valence-electron chi connectivity index (χ1n) is 6.94. The van der Waals surface area contributed by atoms with Crippen molar-refractivity contribution < 1.29 is 0 Å². The van der Waals surface area contributed by atoms with E-state index in [1.807, 2.05) is 0 Å². The van der Waals surface area contributed by atoms with Gasteiger partial charge in [0.2, 0.25) is 0 Å². The zero-order chi connectivity index (χ0) is 12.7. The molecule has 0 radical (unpaired) electrons. The molecule has 0 nitrogen and oxygen atoms in total. The second-order valence-corrected chi connectivity index (χ2v) is 5.42. The van der Waals surface area contributed by atoms with Crippen molar-refractivity contribution >= 4 is 10.8 Å². The molecule has 0 heteroatoms. The van der Waals surface area contributed by atoms with E-state index in [0.717, 1.165) is 6.42 Å². The Balaban J connectivity index is 1.80. The van der Waals surface area contributed by atoms with Gasteiger partial charge in [-0.25, -0.2) is 0 Å². The number of benzene rings is 2. The van der Waals surface area contributed by atoms with Gasteiger partial charge in [-0.15, -0.1) is 0 Å². The second kappa shape index (κ2) is 4.24. The van der Waals surface area contributed by atoms with Gasteiger partial charge < -0.3 is 0 Å². The van der Waals surface area contributed by atoms with Gasteiger partial charge in [0, 0.05) is 11.8 Å². The van der Waals surface area contributed by atoms with Gasteiger partial charge in [0.15, 0.2) is 0 Å². The molecule has 0 aromatic heterocycles. The predicted octanol–water partition coefficient (Wildman–Crippen LogP) is 5.00. The van der Waals surface area contributed by atoms with Crippen molar-refractivity contribution in [2.45, 2.75) is 12.3 Å². The maximum Gasteiger partial charge on any atom is 0.0122 e. The van der Waals surface area contributed by atoms with Crippen LogP contribution in [-0.4, -0.2) is 0 Å². The van der Waals surface area contributed by atoms with Crippen LogP contribution >= 0.6 is 0 Å². The maximum absolute atomic E-state index is 2.37. The maximum atomic E-state index is 2.37. The summed E-state index contributed by atoms with van der Waals surface area (Å²) in [4.78, 5) is 0. The zero-order valence-electron chi connectivity index (χ0n) is 10.8. The van der Waals surface area contributed by atoms with Crippen molar-refractivity contribution in [3.63, 3.8) is 0 Å². The first-order chi connectivity index (χ1) is 9.42. The van der Waals surface area contributed by atoms with Crippen LogP contribution in [0.1, 0.15) is 17.9 Å². The molecule has 0 aliphatic heterocycles. The Morgan fingerprint density at radius 1 is 0.842 bits per heavy atom. The summed E-state index contributed by atoms with van der Waals surface area (Å²) in [5.41, 5.74) is 2.98. The van der Waals surface area contributed by atoms with Crippen LogP contribution in [-0.2, 0) is 0 Å². The van der Waals surface area contributed by atoms with E-state index in [0.29, 0.717) is 11.8 Å². The third-order valence-corrected chi connectivity index (χ3v) is 4.30. The third kappa shape index (κ3) is 1.76. The highest BCUT2D eigenvalue weighted by Crippen LogP contribution is 2.40. The molecule has 92 valence electrons. The molecule has 0 spiro atoms. The average molecular weight is 244 g/mol. The summed E-state index contributed by atoms with van der Waals surface area (Å²) in [5, 5.41) is 2.66. The Bertz CT molecular complexity index is 716. The first kappa shape index (κ1) is 10.8. The van der Waals surface area contributed by atoms with E-state index < -0.39 is 0 Å². The molecule has 2 aromatic rings. The van der Waals surface area contributed by atoms with Crippen molar-refractivity contribution in [3.8, 4) is 0 Å². The van der Waals surface area contributed by atoms with Gasteiger partial charge in [-0.3, -0.25) is 0 Å². The summed E-state index contributed by atoms with van der Waals surface area (Å²) < 4.78 is 0. The topological polar surface area (TPSA) is 0 Å². The minimum atomic E-state index is 0.503. The lowest BCUT2D eigenvalue weighted by molar-refractivity contribution is 0.670. The highest BCUT2D eigenvalue weighted by atomic mass is 14.3. The van der Waals surface area contributed by atoms with Crippen LogP contribution < -0.4 is 0 Å². The van der Waals surface area contributed by atoms with Crippen molar-refractivity contribution in [1.82, 2.24) is 0 Å².